The molecule has 1 rings (SSSR count). The largest absolute Gasteiger partial charge is 0.493 e. The molecule has 0 saturated carbocycles. The molecular formula is C16H23BrO2. The van der Waals surface area contributed by atoms with Gasteiger partial charge in [0.25, 0.3) is 0 Å². The third-order valence-electron chi connectivity index (χ3n) is 2.92. The van der Waals surface area contributed by atoms with Crippen molar-refractivity contribution in [3.8, 4) is 11.5 Å². The Kier molecular flexibility index (Phi) is 7.00. The fourth-order valence-corrected chi connectivity index (χ4v) is 2.42. The van der Waals surface area contributed by atoms with Gasteiger partial charge in [-0.15, -0.1) is 0 Å². The van der Waals surface area contributed by atoms with E-state index in [2.05, 4.69) is 41.1 Å². The molecule has 3 heteroatoms. The van der Waals surface area contributed by atoms with Crippen LogP contribution in [0.25, 0.3) is 0 Å². The maximum atomic E-state index is 5.76. The summed E-state index contributed by atoms with van der Waals surface area (Å²) in [6, 6.07) is 4.10. The number of benzene rings is 1. The summed E-state index contributed by atoms with van der Waals surface area (Å²) in [4.78, 5) is 0. The van der Waals surface area contributed by atoms with Gasteiger partial charge in [0, 0.05) is 6.07 Å². The van der Waals surface area contributed by atoms with Crippen LogP contribution in [0.4, 0.5) is 0 Å². The van der Waals surface area contributed by atoms with Crippen LogP contribution in [0.3, 0.4) is 0 Å². The van der Waals surface area contributed by atoms with E-state index < -0.39 is 0 Å². The van der Waals surface area contributed by atoms with Crippen molar-refractivity contribution in [1.29, 1.82) is 0 Å². The van der Waals surface area contributed by atoms with E-state index in [0.717, 1.165) is 22.4 Å². The molecule has 0 spiro atoms. The molecule has 1 aromatic carbocycles. The first kappa shape index (κ1) is 16.1. The Morgan fingerprint density at radius 1 is 1.16 bits per heavy atom. The topological polar surface area (TPSA) is 18.5 Å². The highest BCUT2D eigenvalue weighted by atomic mass is 79.9. The van der Waals surface area contributed by atoms with Gasteiger partial charge in [0.15, 0.2) is 0 Å². The zero-order valence-corrected chi connectivity index (χ0v) is 13.8. The van der Waals surface area contributed by atoms with Crippen LogP contribution in [0.2, 0.25) is 0 Å². The Balaban J connectivity index is 3.10. The van der Waals surface area contributed by atoms with Crippen molar-refractivity contribution in [3.63, 3.8) is 0 Å². The van der Waals surface area contributed by atoms with E-state index in [4.69, 9.17) is 9.47 Å². The van der Waals surface area contributed by atoms with Gasteiger partial charge in [-0.05, 0) is 60.7 Å². The van der Waals surface area contributed by atoms with Crippen LogP contribution in [0.15, 0.2) is 28.8 Å². The first-order valence-electron chi connectivity index (χ1n) is 6.84. The molecule has 0 saturated heterocycles. The summed E-state index contributed by atoms with van der Waals surface area (Å²) in [7, 11) is 0. The maximum absolute atomic E-state index is 5.76. The molecule has 0 heterocycles. The average Bonchev–Trinajstić information content (AvgIpc) is 2.40. The van der Waals surface area contributed by atoms with Gasteiger partial charge in [-0.1, -0.05) is 19.1 Å². The van der Waals surface area contributed by atoms with Crippen molar-refractivity contribution in [2.45, 2.75) is 40.0 Å². The van der Waals surface area contributed by atoms with Crippen molar-refractivity contribution >= 4 is 15.9 Å². The second kappa shape index (κ2) is 8.26. The number of halogens is 1. The number of ether oxygens (including phenoxy) is 2. The molecule has 0 radical (unpaired) electrons. The normalized spacial score (nSPS) is 12.7. The Hall–Kier alpha value is -0.960. The molecule has 106 valence electrons. The van der Waals surface area contributed by atoms with Gasteiger partial charge in [-0.3, -0.25) is 0 Å². The third kappa shape index (κ3) is 4.57. The lowest BCUT2D eigenvalue weighted by Gasteiger charge is -2.18. The second-order valence-corrected chi connectivity index (χ2v) is 5.25. The Morgan fingerprint density at radius 2 is 1.79 bits per heavy atom. The van der Waals surface area contributed by atoms with Crippen LogP contribution in [0.5, 0.6) is 11.5 Å². The van der Waals surface area contributed by atoms with Gasteiger partial charge in [0.1, 0.15) is 11.5 Å². The fraction of sp³-hybridized carbons (Fsp3) is 0.500. The summed E-state index contributed by atoms with van der Waals surface area (Å²) in [6.45, 7) is 9.56. The highest BCUT2D eigenvalue weighted by molar-refractivity contribution is 9.10. The summed E-state index contributed by atoms with van der Waals surface area (Å²) < 4.78 is 12.3. The summed E-state index contributed by atoms with van der Waals surface area (Å²) in [6.07, 6.45) is 5.28. The Bertz CT molecular complexity index is 427. The zero-order chi connectivity index (χ0) is 14.3. The van der Waals surface area contributed by atoms with Gasteiger partial charge < -0.3 is 9.47 Å². The molecule has 0 bridgehead atoms. The first-order chi connectivity index (χ1) is 9.13. The molecular weight excluding hydrogens is 304 g/mol. The van der Waals surface area contributed by atoms with Gasteiger partial charge in [0.2, 0.25) is 0 Å². The van der Waals surface area contributed by atoms with Gasteiger partial charge in [0.05, 0.1) is 17.7 Å². The van der Waals surface area contributed by atoms with Gasteiger partial charge >= 0.3 is 0 Å². The van der Waals surface area contributed by atoms with Crippen LogP contribution in [0.1, 0.15) is 45.6 Å². The molecule has 0 aromatic heterocycles. The minimum absolute atomic E-state index is 0.421. The second-order valence-electron chi connectivity index (χ2n) is 4.39. The van der Waals surface area contributed by atoms with E-state index in [0.29, 0.717) is 19.1 Å². The minimum Gasteiger partial charge on any atom is -0.493 e. The lowest BCUT2D eigenvalue weighted by atomic mass is 9.96. The lowest BCUT2D eigenvalue weighted by molar-refractivity contribution is 0.318. The average molecular weight is 327 g/mol. The van der Waals surface area contributed by atoms with E-state index in [-0.39, 0.29) is 0 Å². The predicted octanol–water partition coefficient (Wildman–Crippen LogP) is 5.32. The van der Waals surface area contributed by atoms with Crippen LogP contribution in [-0.2, 0) is 0 Å². The van der Waals surface area contributed by atoms with Crippen molar-refractivity contribution < 1.29 is 9.47 Å². The maximum Gasteiger partial charge on any atom is 0.137 e. The van der Waals surface area contributed by atoms with E-state index in [1.807, 2.05) is 26.8 Å². The number of hydrogen-bond donors (Lipinski definition) is 0. The summed E-state index contributed by atoms with van der Waals surface area (Å²) in [5, 5.41) is 0. The minimum atomic E-state index is 0.421. The Morgan fingerprint density at radius 3 is 2.37 bits per heavy atom. The molecule has 0 aliphatic heterocycles. The van der Waals surface area contributed by atoms with Gasteiger partial charge in [-0.2, -0.15) is 0 Å². The number of rotatable bonds is 7. The van der Waals surface area contributed by atoms with E-state index in [1.54, 1.807) is 0 Å². The van der Waals surface area contributed by atoms with E-state index in [9.17, 15) is 0 Å². The highest BCUT2D eigenvalue weighted by Gasteiger charge is 2.15. The molecule has 0 aliphatic carbocycles. The molecule has 2 nitrogen and oxygen atoms in total. The van der Waals surface area contributed by atoms with Crippen LogP contribution in [0, 0.1) is 0 Å². The van der Waals surface area contributed by atoms with Crippen molar-refractivity contribution in [2.75, 3.05) is 13.2 Å². The molecule has 1 unspecified atom stereocenters. The molecule has 0 amide bonds. The summed E-state index contributed by atoms with van der Waals surface area (Å²) in [5.41, 5.74) is 1.22. The first-order valence-corrected chi connectivity index (χ1v) is 7.63. The highest BCUT2D eigenvalue weighted by Crippen LogP contribution is 2.38. The number of hydrogen-bond acceptors (Lipinski definition) is 2. The molecule has 0 N–H and O–H groups in total. The molecule has 19 heavy (non-hydrogen) atoms. The SMILES string of the molecule is C/C=C\CC(C)c1cc(Br)c(OCC)cc1OCC. The summed E-state index contributed by atoms with van der Waals surface area (Å²) >= 11 is 3.57. The van der Waals surface area contributed by atoms with E-state index in [1.165, 1.54) is 5.56 Å². The zero-order valence-electron chi connectivity index (χ0n) is 12.2. The molecule has 1 atom stereocenters. The van der Waals surface area contributed by atoms with E-state index >= 15 is 0 Å². The van der Waals surface area contributed by atoms with Crippen LogP contribution in [-0.4, -0.2) is 13.2 Å². The standard InChI is InChI=1S/C16H23BrO2/c1-5-8-9-12(4)13-10-14(17)16(19-7-3)11-15(13)18-6-2/h5,8,10-12H,6-7,9H2,1-4H3/b8-5-. The predicted molar refractivity (Wildman–Crippen MR) is 84.3 cm³/mol. The van der Waals surface area contributed by atoms with Crippen LogP contribution < -0.4 is 9.47 Å². The monoisotopic (exact) mass is 326 g/mol. The smallest absolute Gasteiger partial charge is 0.137 e. The van der Waals surface area contributed by atoms with Crippen molar-refractivity contribution in [2.24, 2.45) is 0 Å². The Labute approximate surface area is 124 Å². The molecule has 0 aliphatic rings. The fourth-order valence-electron chi connectivity index (χ4n) is 1.95. The van der Waals surface area contributed by atoms with Crippen molar-refractivity contribution in [1.82, 2.24) is 0 Å². The van der Waals surface area contributed by atoms with Crippen molar-refractivity contribution in [3.05, 3.63) is 34.3 Å². The molecule has 0 fully saturated rings. The molecule has 1 aromatic rings. The quantitative estimate of drug-likeness (QED) is 0.631. The third-order valence-corrected chi connectivity index (χ3v) is 3.54. The lowest BCUT2D eigenvalue weighted by Crippen LogP contribution is -2.02. The van der Waals surface area contributed by atoms with Gasteiger partial charge in [-0.25, -0.2) is 0 Å². The number of allylic oxidation sites excluding steroid dienone is 2. The van der Waals surface area contributed by atoms with Crippen LogP contribution >= 0.6 is 15.9 Å². The summed E-state index contributed by atoms with van der Waals surface area (Å²) in [5.74, 6) is 2.18.